The van der Waals surface area contributed by atoms with Crippen LogP contribution in [0.3, 0.4) is 0 Å². The molecule has 5 nitrogen and oxygen atoms in total. The van der Waals surface area contributed by atoms with Crippen molar-refractivity contribution in [2.45, 2.75) is 57.0 Å². The van der Waals surface area contributed by atoms with Gasteiger partial charge in [-0.2, -0.15) is 0 Å². The zero-order valence-electron chi connectivity index (χ0n) is 17.4. The Morgan fingerprint density at radius 2 is 1.81 bits per heavy atom. The Hall–Kier alpha value is -2.45. The van der Waals surface area contributed by atoms with Gasteiger partial charge < -0.3 is 0 Å². The second-order valence-corrected chi connectivity index (χ2v) is 9.00. The van der Waals surface area contributed by atoms with Crippen molar-refractivity contribution in [3.63, 3.8) is 0 Å². The van der Waals surface area contributed by atoms with E-state index in [-0.39, 0.29) is 30.7 Å². The van der Waals surface area contributed by atoms with Crippen LogP contribution in [0.25, 0.3) is 5.69 Å². The molecule has 0 N–H and O–H groups in total. The number of hydrogen-bond donors (Lipinski definition) is 0. The van der Waals surface area contributed by atoms with Crippen LogP contribution in [0.5, 0.6) is 0 Å². The fraction of sp³-hybridized carbons (Fsp3) is 0.435. The van der Waals surface area contributed by atoms with Crippen LogP contribution in [0.4, 0.5) is 13.2 Å². The lowest BCUT2D eigenvalue weighted by Crippen LogP contribution is -2.27. The number of pyridine rings is 1. The highest BCUT2D eigenvalue weighted by Gasteiger charge is 2.32. The number of halogens is 4. The lowest BCUT2D eigenvalue weighted by atomic mass is 9.79. The van der Waals surface area contributed by atoms with Gasteiger partial charge >= 0.3 is 0 Å². The van der Waals surface area contributed by atoms with Gasteiger partial charge in [0.2, 0.25) is 0 Å². The Balaban J connectivity index is 1.44. The molecule has 0 unspecified atom stereocenters. The number of benzene rings is 1. The van der Waals surface area contributed by atoms with E-state index < -0.39 is 6.43 Å². The molecule has 0 radical (unpaired) electrons. The Morgan fingerprint density at radius 1 is 1.03 bits per heavy atom. The van der Waals surface area contributed by atoms with Gasteiger partial charge in [0, 0.05) is 29.6 Å². The highest BCUT2D eigenvalue weighted by Crippen LogP contribution is 2.41. The summed E-state index contributed by atoms with van der Waals surface area (Å²) in [4.78, 5) is 5.93. The van der Waals surface area contributed by atoms with Gasteiger partial charge in [-0.25, -0.2) is 13.2 Å². The van der Waals surface area contributed by atoms with Gasteiger partial charge in [-0.15, -0.1) is 10.2 Å². The van der Waals surface area contributed by atoms with Crippen LogP contribution in [0.2, 0.25) is 5.02 Å². The molecule has 1 fully saturated rings. The van der Waals surface area contributed by atoms with E-state index in [1.54, 1.807) is 23.2 Å². The number of alkyl halides is 2. The topological polar surface area (TPSA) is 46.8 Å². The van der Waals surface area contributed by atoms with E-state index in [1.165, 1.54) is 6.07 Å². The summed E-state index contributed by atoms with van der Waals surface area (Å²) in [7, 11) is 0. The third kappa shape index (κ3) is 4.13. The summed E-state index contributed by atoms with van der Waals surface area (Å²) in [6.45, 7) is 0.321. The van der Waals surface area contributed by atoms with Crippen LogP contribution in [0.1, 0.15) is 60.4 Å². The molecule has 2 aliphatic rings. The van der Waals surface area contributed by atoms with Crippen molar-refractivity contribution >= 4 is 11.6 Å². The molecular weight excluding hydrogens is 439 g/mol. The summed E-state index contributed by atoms with van der Waals surface area (Å²) >= 11 is 6.22. The van der Waals surface area contributed by atoms with Gasteiger partial charge in [0.25, 0.3) is 6.43 Å². The molecule has 1 aliphatic carbocycles. The van der Waals surface area contributed by atoms with E-state index >= 15 is 0 Å². The Labute approximate surface area is 189 Å². The molecular formula is C23H23ClF3N5. The quantitative estimate of drug-likeness (QED) is 0.516. The van der Waals surface area contributed by atoms with E-state index in [9.17, 15) is 13.2 Å². The highest BCUT2D eigenvalue weighted by atomic mass is 35.5. The second kappa shape index (κ2) is 8.83. The summed E-state index contributed by atoms with van der Waals surface area (Å²) in [6, 6.07) is 8.61. The minimum atomic E-state index is -2.44. The first-order valence-corrected chi connectivity index (χ1v) is 11.2. The lowest BCUT2D eigenvalue weighted by Gasteiger charge is -2.28. The van der Waals surface area contributed by atoms with Crippen molar-refractivity contribution in [2.75, 3.05) is 6.54 Å². The summed E-state index contributed by atoms with van der Waals surface area (Å²) in [5.74, 6) is 1.48. The molecule has 168 valence electrons. The van der Waals surface area contributed by atoms with Gasteiger partial charge in [-0.3, -0.25) is 14.5 Å². The Kier molecular flexibility index (Phi) is 5.90. The first-order valence-electron chi connectivity index (χ1n) is 10.8. The summed E-state index contributed by atoms with van der Waals surface area (Å²) in [6.07, 6.45) is 2.49. The smallest absolute Gasteiger partial charge is 0.251 e. The number of fused-ring (bicyclic) bond motifs is 3. The van der Waals surface area contributed by atoms with E-state index in [0.717, 1.165) is 42.8 Å². The number of nitrogens with zero attached hydrogens (tertiary/aromatic N) is 5. The maximum Gasteiger partial charge on any atom is 0.251 e. The van der Waals surface area contributed by atoms with Crippen molar-refractivity contribution in [3.05, 3.63) is 70.3 Å². The number of aromatic nitrogens is 4. The first kappa shape index (κ1) is 21.4. The monoisotopic (exact) mass is 461 g/mol. The fourth-order valence-corrected chi connectivity index (χ4v) is 5.20. The predicted molar refractivity (Wildman–Crippen MR) is 115 cm³/mol. The molecule has 5 rings (SSSR count). The molecule has 9 heteroatoms. The van der Waals surface area contributed by atoms with Crippen molar-refractivity contribution in [1.29, 1.82) is 0 Å². The zero-order valence-corrected chi connectivity index (χ0v) is 18.1. The third-order valence-electron chi connectivity index (χ3n) is 6.46. The average molecular weight is 462 g/mol. The second-order valence-electron chi connectivity index (χ2n) is 8.56. The SMILES string of the molecule is Fc1cccnc1[C@H]1CC[C@H](c2nnc3n2-c2ccc(Cl)cc2CN(CC(F)F)C3)CC1. The van der Waals surface area contributed by atoms with Crippen molar-refractivity contribution in [1.82, 2.24) is 24.6 Å². The fourth-order valence-electron chi connectivity index (χ4n) is 5.00. The first-order chi connectivity index (χ1) is 15.5. The maximum absolute atomic E-state index is 14.2. The molecule has 1 aliphatic heterocycles. The molecule has 1 aromatic carbocycles. The molecule has 32 heavy (non-hydrogen) atoms. The van der Waals surface area contributed by atoms with Crippen LogP contribution in [0, 0.1) is 5.82 Å². The average Bonchev–Trinajstić information content (AvgIpc) is 3.10. The maximum atomic E-state index is 14.2. The largest absolute Gasteiger partial charge is 0.286 e. The van der Waals surface area contributed by atoms with Crippen molar-refractivity contribution in [2.24, 2.45) is 0 Å². The van der Waals surface area contributed by atoms with Gasteiger partial charge in [-0.05, 0) is 61.6 Å². The van der Waals surface area contributed by atoms with Gasteiger partial charge in [0.05, 0.1) is 24.5 Å². The molecule has 3 aromatic rings. The van der Waals surface area contributed by atoms with Crippen LogP contribution < -0.4 is 0 Å². The summed E-state index contributed by atoms with van der Waals surface area (Å²) < 4.78 is 42.5. The van der Waals surface area contributed by atoms with E-state index in [1.807, 2.05) is 16.7 Å². The van der Waals surface area contributed by atoms with E-state index in [4.69, 9.17) is 11.6 Å². The lowest BCUT2D eigenvalue weighted by molar-refractivity contribution is 0.0804. The Bertz CT molecular complexity index is 1110. The normalized spacial score (nSPS) is 21.3. The summed E-state index contributed by atoms with van der Waals surface area (Å²) in [5, 5.41) is 9.44. The molecule has 1 saturated carbocycles. The van der Waals surface area contributed by atoms with Gasteiger partial charge in [-0.1, -0.05) is 11.6 Å². The minimum absolute atomic E-state index is 0.0894. The van der Waals surface area contributed by atoms with Crippen LogP contribution in [-0.4, -0.2) is 37.6 Å². The van der Waals surface area contributed by atoms with Crippen LogP contribution >= 0.6 is 11.6 Å². The molecule has 0 bridgehead atoms. The van der Waals surface area contributed by atoms with E-state index in [0.29, 0.717) is 23.1 Å². The van der Waals surface area contributed by atoms with Crippen LogP contribution in [-0.2, 0) is 13.1 Å². The number of rotatable bonds is 4. The van der Waals surface area contributed by atoms with Crippen LogP contribution in [0.15, 0.2) is 36.5 Å². The third-order valence-corrected chi connectivity index (χ3v) is 6.69. The predicted octanol–water partition coefficient (Wildman–Crippen LogP) is 5.48. The zero-order chi connectivity index (χ0) is 22.2. The number of hydrogen-bond acceptors (Lipinski definition) is 4. The molecule has 0 saturated heterocycles. The molecule has 3 heterocycles. The van der Waals surface area contributed by atoms with Crippen molar-refractivity contribution < 1.29 is 13.2 Å². The molecule has 0 atom stereocenters. The minimum Gasteiger partial charge on any atom is -0.286 e. The van der Waals surface area contributed by atoms with Gasteiger partial charge in [0.1, 0.15) is 11.6 Å². The van der Waals surface area contributed by atoms with Crippen molar-refractivity contribution in [3.8, 4) is 5.69 Å². The molecule has 2 aromatic heterocycles. The standard InChI is InChI=1S/C23H23ClF3N5/c24-17-7-8-19-16(10-17)11-31(12-20(26)27)13-21-29-30-23(32(19)21)15-5-3-14(4-6-15)22-18(25)2-1-9-28-22/h1-2,7-10,14-15,20H,3-6,11-13H2/t14-,15-. The Morgan fingerprint density at radius 3 is 2.56 bits per heavy atom. The molecule has 0 spiro atoms. The van der Waals surface area contributed by atoms with E-state index in [2.05, 4.69) is 15.2 Å². The summed E-state index contributed by atoms with van der Waals surface area (Å²) in [5.41, 5.74) is 2.30. The van der Waals surface area contributed by atoms with Gasteiger partial charge in [0.15, 0.2) is 5.82 Å². The molecule has 0 amide bonds. The highest BCUT2D eigenvalue weighted by molar-refractivity contribution is 6.30.